The zero-order valence-electron chi connectivity index (χ0n) is 14.6. The lowest BCUT2D eigenvalue weighted by Gasteiger charge is -2.49. The van der Waals surface area contributed by atoms with Crippen LogP contribution in [0.3, 0.4) is 0 Å². The van der Waals surface area contributed by atoms with Gasteiger partial charge in [0.05, 0.1) is 11.2 Å². The lowest BCUT2D eigenvalue weighted by Crippen LogP contribution is -2.49. The van der Waals surface area contributed by atoms with Crippen molar-refractivity contribution in [1.29, 1.82) is 0 Å². The molecule has 1 saturated carbocycles. The summed E-state index contributed by atoms with van der Waals surface area (Å²) in [4.78, 5) is 7.98. The van der Waals surface area contributed by atoms with Gasteiger partial charge in [-0.3, -0.25) is 0 Å². The lowest BCUT2D eigenvalue weighted by atomic mass is 9.59. The van der Waals surface area contributed by atoms with Crippen LogP contribution in [-0.2, 0) is 0 Å². The number of rotatable bonds is 4. The second kappa shape index (κ2) is 6.92. The normalized spacial score (nSPS) is 32.1. The van der Waals surface area contributed by atoms with E-state index < -0.39 is 0 Å². The van der Waals surface area contributed by atoms with Crippen LogP contribution in [0.25, 0.3) is 10.9 Å². The molecule has 1 fully saturated rings. The number of fused-ring (bicyclic) bond motifs is 1. The summed E-state index contributed by atoms with van der Waals surface area (Å²) in [5.41, 5.74) is 3.12. The predicted molar refractivity (Wildman–Crippen MR) is 111 cm³/mol. The van der Waals surface area contributed by atoms with E-state index >= 15 is 0 Å². The number of aromatic nitrogens is 1. The Balaban J connectivity index is 2.24. The van der Waals surface area contributed by atoms with Crippen LogP contribution in [-0.4, -0.2) is 21.6 Å². The third kappa shape index (κ3) is 2.91. The lowest BCUT2D eigenvalue weighted by molar-refractivity contribution is 0.179. The highest BCUT2D eigenvalue weighted by atomic mass is 35.5. The maximum Gasteiger partial charge on any atom is 0.0779 e. The van der Waals surface area contributed by atoms with E-state index in [9.17, 15) is 0 Å². The summed E-state index contributed by atoms with van der Waals surface area (Å²) in [5.74, 6) is 0.355. The number of nitrogens with one attached hydrogen (secondary N) is 1. The van der Waals surface area contributed by atoms with Gasteiger partial charge in [-0.2, -0.15) is 0 Å². The minimum atomic E-state index is -0.359. The van der Waals surface area contributed by atoms with Gasteiger partial charge in [-0.25, -0.2) is 4.99 Å². The Morgan fingerprint density at radius 3 is 2.84 bits per heavy atom. The molecule has 1 aliphatic rings. The molecular formula is C21H23ClN2S. The summed E-state index contributed by atoms with van der Waals surface area (Å²) in [7, 11) is 0. The third-order valence-corrected chi connectivity index (χ3v) is 6.55. The number of benzene rings is 1. The van der Waals surface area contributed by atoms with E-state index in [4.69, 9.17) is 23.8 Å². The Bertz CT molecular complexity index is 864. The molecule has 1 heterocycles. The van der Waals surface area contributed by atoms with E-state index in [1.807, 2.05) is 12.1 Å². The molecule has 1 aliphatic carbocycles. The Labute approximate surface area is 159 Å². The Morgan fingerprint density at radius 1 is 1.48 bits per heavy atom. The maximum atomic E-state index is 6.80. The monoisotopic (exact) mass is 370 g/mol. The summed E-state index contributed by atoms with van der Waals surface area (Å²) in [5, 5.41) is 3.74. The van der Waals surface area contributed by atoms with Gasteiger partial charge >= 0.3 is 0 Å². The number of alkyl halides is 1. The Kier molecular flexibility index (Phi) is 5.02. The van der Waals surface area contributed by atoms with Gasteiger partial charge in [0.15, 0.2) is 0 Å². The standard InChI is InChI=1S/C21H23ClN2S/c1-5-21(4)18(22)10-15(13(2)3)19(20(21)24-12-25)16-11-23-17-9-7-6-8-14(16)17/h5-9,11,15,18-20,23H,1-2,10H2,3-4H3/t15-,18-,19+,20-,21-/m1/s1. The molecule has 0 saturated heterocycles. The number of hydrogen-bond donors (Lipinski definition) is 1. The number of allylic oxidation sites excluding steroid dienone is 1. The number of H-pyrrole nitrogens is 1. The zero-order chi connectivity index (χ0) is 18.2. The number of thiocarbonyl (C=S) groups is 1. The van der Waals surface area contributed by atoms with Crippen LogP contribution in [0.2, 0.25) is 0 Å². The molecule has 5 atom stereocenters. The first kappa shape index (κ1) is 18.1. The SMILES string of the molecule is C=C[C@]1(C)[C@H](Cl)C[C@H](C(=C)C)[C@@H](c2c[nH]c3ccccc23)[C@H]1N=C=S. The van der Waals surface area contributed by atoms with E-state index in [1.165, 1.54) is 10.9 Å². The van der Waals surface area contributed by atoms with Crippen LogP contribution in [0, 0.1) is 11.3 Å². The molecule has 1 aromatic carbocycles. The molecule has 4 heteroatoms. The van der Waals surface area contributed by atoms with Crippen molar-refractivity contribution in [2.45, 2.75) is 37.6 Å². The number of isothiocyanates is 1. The molecule has 1 aromatic heterocycles. The summed E-state index contributed by atoms with van der Waals surface area (Å²) in [6.07, 6.45) is 4.87. The summed E-state index contributed by atoms with van der Waals surface area (Å²) < 4.78 is 0. The van der Waals surface area contributed by atoms with Crippen LogP contribution in [0.15, 0.2) is 60.3 Å². The largest absolute Gasteiger partial charge is 0.361 e. The zero-order valence-corrected chi connectivity index (χ0v) is 16.2. The van der Waals surface area contributed by atoms with Crippen molar-refractivity contribution in [2.75, 3.05) is 0 Å². The van der Waals surface area contributed by atoms with Gasteiger partial charge in [0.1, 0.15) is 0 Å². The second-order valence-electron chi connectivity index (χ2n) is 7.21. The fraction of sp³-hybridized carbons (Fsp3) is 0.381. The molecule has 2 aromatic rings. The van der Waals surface area contributed by atoms with Gasteiger partial charge in [0.2, 0.25) is 0 Å². The summed E-state index contributed by atoms with van der Waals surface area (Å²) in [6.45, 7) is 12.5. The van der Waals surface area contributed by atoms with Gasteiger partial charge in [-0.1, -0.05) is 43.4 Å². The third-order valence-electron chi connectivity index (χ3n) is 5.79. The summed E-state index contributed by atoms with van der Waals surface area (Å²) in [6, 6.07) is 8.21. The number of aliphatic imine (C=N–C) groups is 1. The molecule has 0 aliphatic heterocycles. The van der Waals surface area contributed by atoms with Crippen LogP contribution in [0.5, 0.6) is 0 Å². The van der Waals surface area contributed by atoms with Crippen molar-refractivity contribution in [3.63, 3.8) is 0 Å². The van der Waals surface area contributed by atoms with E-state index in [2.05, 4.69) is 66.5 Å². The minimum Gasteiger partial charge on any atom is -0.361 e. The average molecular weight is 371 g/mol. The maximum absolute atomic E-state index is 6.80. The number of para-hydroxylation sites is 1. The number of halogens is 1. The molecule has 25 heavy (non-hydrogen) atoms. The fourth-order valence-corrected chi connectivity index (χ4v) is 4.73. The van der Waals surface area contributed by atoms with Crippen molar-refractivity contribution in [2.24, 2.45) is 16.3 Å². The molecule has 130 valence electrons. The van der Waals surface area contributed by atoms with E-state index in [1.54, 1.807) is 0 Å². The number of hydrogen-bond acceptors (Lipinski definition) is 2. The van der Waals surface area contributed by atoms with E-state index in [0.717, 1.165) is 17.5 Å². The van der Waals surface area contributed by atoms with Gasteiger partial charge in [-0.05, 0) is 43.1 Å². The number of aromatic amines is 1. The summed E-state index contributed by atoms with van der Waals surface area (Å²) >= 11 is 11.8. The molecule has 0 spiro atoms. The highest BCUT2D eigenvalue weighted by Crippen LogP contribution is 2.54. The van der Waals surface area contributed by atoms with Crippen molar-refractivity contribution in [3.8, 4) is 0 Å². The smallest absolute Gasteiger partial charge is 0.0779 e. The molecule has 2 nitrogen and oxygen atoms in total. The predicted octanol–water partition coefficient (Wildman–Crippen LogP) is 6.12. The highest BCUT2D eigenvalue weighted by molar-refractivity contribution is 7.78. The molecule has 0 amide bonds. The molecule has 0 unspecified atom stereocenters. The Hall–Kier alpha value is -1.67. The van der Waals surface area contributed by atoms with Crippen LogP contribution >= 0.6 is 23.8 Å². The molecular weight excluding hydrogens is 348 g/mol. The highest BCUT2D eigenvalue weighted by Gasteiger charge is 2.51. The Morgan fingerprint density at radius 2 is 2.20 bits per heavy atom. The number of nitrogens with zero attached hydrogens (tertiary/aromatic N) is 1. The molecule has 0 bridgehead atoms. The van der Waals surface area contributed by atoms with Gasteiger partial charge in [-0.15, -0.1) is 18.2 Å². The first-order valence-corrected chi connectivity index (χ1v) is 9.34. The average Bonchev–Trinajstić information content (AvgIpc) is 3.02. The van der Waals surface area contributed by atoms with Crippen LogP contribution in [0.1, 0.15) is 31.7 Å². The quantitative estimate of drug-likeness (QED) is 0.298. The first-order valence-electron chi connectivity index (χ1n) is 8.50. The van der Waals surface area contributed by atoms with Gasteiger partial charge < -0.3 is 4.98 Å². The van der Waals surface area contributed by atoms with Crippen molar-refractivity contribution >= 4 is 39.9 Å². The van der Waals surface area contributed by atoms with E-state index in [-0.39, 0.29) is 28.7 Å². The van der Waals surface area contributed by atoms with Crippen LogP contribution in [0.4, 0.5) is 0 Å². The first-order chi connectivity index (χ1) is 11.9. The van der Waals surface area contributed by atoms with Crippen LogP contribution < -0.4 is 0 Å². The topological polar surface area (TPSA) is 28.1 Å². The molecule has 1 N–H and O–H groups in total. The van der Waals surface area contributed by atoms with E-state index in [0.29, 0.717) is 0 Å². The minimum absolute atomic E-state index is 0.0785. The molecule has 0 radical (unpaired) electrons. The van der Waals surface area contributed by atoms with Gasteiger partial charge in [0.25, 0.3) is 0 Å². The second-order valence-corrected chi connectivity index (χ2v) is 7.92. The molecule has 3 rings (SSSR count). The van der Waals surface area contributed by atoms with Crippen molar-refractivity contribution < 1.29 is 0 Å². The van der Waals surface area contributed by atoms with Crippen molar-refractivity contribution in [3.05, 3.63) is 60.8 Å². The fourth-order valence-electron chi connectivity index (χ4n) is 4.20. The van der Waals surface area contributed by atoms with Gasteiger partial charge in [0, 0.05) is 33.8 Å². The van der Waals surface area contributed by atoms with Crippen molar-refractivity contribution in [1.82, 2.24) is 4.98 Å².